The van der Waals surface area contributed by atoms with E-state index >= 15 is 0 Å². The van der Waals surface area contributed by atoms with Gasteiger partial charge in [-0.1, -0.05) is 30.3 Å². The number of aromatic hydroxyl groups is 1. The summed E-state index contributed by atoms with van der Waals surface area (Å²) in [6, 6.07) is 24.0. The van der Waals surface area contributed by atoms with Crippen LogP contribution in [0, 0.1) is 0 Å². The molecule has 0 saturated heterocycles. The standard InChI is InChI=1S/C30H26N8O4S/c1-19(29-35-37-16-6-11-25(37)30(40)38(29)22-9-3-2-4-10-22)34-28-26(27(31)32-18-33-28)20-7-5-8-21(17-20)36-43(41,42)24-14-12-23(39)13-15-24/h2-19,36,39H,1H3,(H3,31,32,33,34)/t19-/m0/s1. The van der Waals surface area contributed by atoms with Crippen molar-refractivity contribution in [2.24, 2.45) is 0 Å². The summed E-state index contributed by atoms with van der Waals surface area (Å²) in [6.45, 7) is 1.85. The molecule has 0 aliphatic rings. The van der Waals surface area contributed by atoms with E-state index in [4.69, 9.17) is 10.8 Å². The van der Waals surface area contributed by atoms with Gasteiger partial charge < -0.3 is 16.2 Å². The number of rotatable bonds is 8. The number of anilines is 3. The summed E-state index contributed by atoms with van der Waals surface area (Å²) in [5.41, 5.74) is 8.45. The number of nitrogens with zero attached hydrogens (tertiary/aromatic N) is 5. The fourth-order valence-electron chi connectivity index (χ4n) is 4.75. The van der Waals surface area contributed by atoms with Crippen molar-refractivity contribution < 1.29 is 13.5 Å². The van der Waals surface area contributed by atoms with Crippen LogP contribution in [0.5, 0.6) is 5.75 Å². The van der Waals surface area contributed by atoms with Crippen molar-refractivity contribution >= 4 is 32.9 Å². The summed E-state index contributed by atoms with van der Waals surface area (Å²) in [5.74, 6) is 0.912. The van der Waals surface area contributed by atoms with Gasteiger partial charge >= 0.3 is 0 Å². The molecular formula is C30H26N8O4S. The molecule has 0 amide bonds. The zero-order chi connectivity index (χ0) is 30.1. The minimum atomic E-state index is -3.93. The Morgan fingerprint density at radius 1 is 0.930 bits per heavy atom. The fraction of sp³-hybridized carbons (Fsp3) is 0.0667. The smallest absolute Gasteiger partial charge is 0.282 e. The summed E-state index contributed by atoms with van der Waals surface area (Å²) in [7, 11) is -3.93. The van der Waals surface area contributed by atoms with Gasteiger partial charge in [-0.05, 0) is 73.2 Å². The summed E-state index contributed by atoms with van der Waals surface area (Å²) < 4.78 is 31.6. The highest BCUT2D eigenvalue weighted by Crippen LogP contribution is 2.34. The number of benzene rings is 3. The van der Waals surface area contributed by atoms with Gasteiger partial charge in [0.25, 0.3) is 15.6 Å². The highest BCUT2D eigenvalue weighted by molar-refractivity contribution is 7.92. The van der Waals surface area contributed by atoms with Crippen molar-refractivity contribution in [3.8, 4) is 22.6 Å². The number of nitrogen functional groups attached to an aromatic ring is 1. The molecule has 13 heteroatoms. The third-order valence-electron chi connectivity index (χ3n) is 6.77. The Hall–Kier alpha value is -5.69. The molecule has 1 atom stereocenters. The van der Waals surface area contributed by atoms with Gasteiger partial charge in [0.05, 0.1) is 22.2 Å². The van der Waals surface area contributed by atoms with Gasteiger partial charge in [0.1, 0.15) is 29.2 Å². The summed E-state index contributed by atoms with van der Waals surface area (Å²) >= 11 is 0. The lowest BCUT2D eigenvalue weighted by molar-refractivity contribution is 0.475. The van der Waals surface area contributed by atoms with E-state index < -0.39 is 16.1 Å². The zero-order valence-corrected chi connectivity index (χ0v) is 23.6. The Morgan fingerprint density at radius 3 is 2.47 bits per heavy atom. The first kappa shape index (κ1) is 27.5. The van der Waals surface area contributed by atoms with Crippen molar-refractivity contribution in [2.45, 2.75) is 17.9 Å². The number of fused-ring (bicyclic) bond motifs is 1. The molecule has 0 bridgehead atoms. The first-order valence-electron chi connectivity index (χ1n) is 13.2. The summed E-state index contributed by atoms with van der Waals surface area (Å²) in [4.78, 5) is 22.1. The molecule has 6 rings (SSSR count). The quantitative estimate of drug-likeness (QED) is 0.202. The lowest BCUT2D eigenvalue weighted by Crippen LogP contribution is -2.29. The molecule has 6 aromatic rings. The van der Waals surface area contributed by atoms with Crippen LogP contribution in [-0.4, -0.2) is 37.7 Å². The van der Waals surface area contributed by atoms with Gasteiger partial charge in [0, 0.05) is 11.9 Å². The van der Waals surface area contributed by atoms with Crippen LogP contribution in [0.15, 0.2) is 113 Å². The lowest BCUT2D eigenvalue weighted by atomic mass is 10.1. The topological polar surface area (TPSA) is 170 Å². The Balaban J connectivity index is 1.37. The Morgan fingerprint density at radius 2 is 1.70 bits per heavy atom. The normalized spacial score (nSPS) is 12.2. The maximum absolute atomic E-state index is 13.5. The molecule has 3 heterocycles. The van der Waals surface area contributed by atoms with E-state index in [0.717, 1.165) is 0 Å². The van der Waals surface area contributed by atoms with Gasteiger partial charge in [-0.2, -0.15) is 5.10 Å². The lowest BCUT2D eigenvalue weighted by Gasteiger charge is -2.21. The second kappa shape index (κ2) is 10.9. The summed E-state index contributed by atoms with van der Waals surface area (Å²) in [5, 5.41) is 17.6. The van der Waals surface area contributed by atoms with Crippen molar-refractivity contribution in [1.29, 1.82) is 0 Å². The molecule has 3 aromatic heterocycles. The number of sulfonamides is 1. The number of phenols is 1. The van der Waals surface area contributed by atoms with E-state index in [1.807, 2.05) is 37.3 Å². The van der Waals surface area contributed by atoms with Crippen molar-refractivity contribution in [1.82, 2.24) is 24.1 Å². The van der Waals surface area contributed by atoms with E-state index in [0.29, 0.717) is 34.0 Å². The zero-order valence-electron chi connectivity index (χ0n) is 22.8. The van der Waals surface area contributed by atoms with Crippen molar-refractivity contribution in [3.05, 3.63) is 120 Å². The van der Waals surface area contributed by atoms with Crippen LogP contribution in [0.25, 0.3) is 22.3 Å². The Kier molecular flexibility index (Phi) is 7.00. The van der Waals surface area contributed by atoms with Crippen LogP contribution < -0.4 is 21.3 Å². The fourth-order valence-corrected chi connectivity index (χ4v) is 5.80. The first-order valence-corrected chi connectivity index (χ1v) is 14.6. The number of nitrogens with one attached hydrogen (secondary N) is 2. The number of aromatic nitrogens is 5. The maximum Gasteiger partial charge on any atom is 0.282 e. The van der Waals surface area contributed by atoms with E-state index in [9.17, 15) is 18.3 Å². The number of phenolic OH excluding ortho intramolecular Hbond substituents is 1. The highest BCUT2D eigenvalue weighted by Gasteiger charge is 2.22. The van der Waals surface area contributed by atoms with Gasteiger partial charge in [-0.15, -0.1) is 0 Å². The predicted molar refractivity (Wildman–Crippen MR) is 164 cm³/mol. The minimum Gasteiger partial charge on any atom is -0.508 e. The largest absolute Gasteiger partial charge is 0.508 e. The van der Waals surface area contributed by atoms with Crippen molar-refractivity contribution in [3.63, 3.8) is 0 Å². The predicted octanol–water partition coefficient (Wildman–Crippen LogP) is 4.20. The molecular weight excluding hydrogens is 568 g/mol. The minimum absolute atomic E-state index is 0.00827. The average Bonchev–Trinajstić information content (AvgIpc) is 3.47. The van der Waals surface area contributed by atoms with E-state index in [-0.39, 0.29) is 27.7 Å². The van der Waals surface area contributed by atoms with E-state index in [1.165, 1.54) is 35.1 Å². The molecule has 12 nitrogen and oxygen atoms in total. The first-order chi connectivity index (χ1) is 20.7. The molecule has 0 radical (unpaired) electrons. The monoisotopic (exact) mass is 594 g/mol. The number of hydrogen-bond donors (Lipinski definition) is 4. The van der Waals surface area contributed by atoms with Gasteiger partial charge in [-0.25, -0.2) is 22.9 Å². The molecule has 0 aliphatic heterocycles. The molecule has 43 heavy (non-hydrogen) atoms. The van der Waals surface area contributed by atoms with Gasteiger partial charge in [-0.3, -0.25) is 14.1 Å². The van der Waals surface area contributed by atoms with Crippen LogP contribution in [0.1, 0.15) is 18.8 Å². The number of para-hydroxylation sites is 1. The third kappa shape index (κ3) is 5.36. The van der Waals surface area contributed by atoms with Crippen molar-refractivity contribution in [2.75, 3.05) is 15.8 Å². The Labute approximate surface area is 246 Å². The van der Waals surface area contributed by atoms with Crippen LogP contribution in [0.3, 0.4) is 0 Å². The molecule has 0 unspecified atom stereocenters. The third-order valence-corrected chi connectivity index (χ3v) is 8.17. The second-order valence-corrected chi connectivity index (χ2v) is 11.4. The van der Waals surface area contributed by atoms with E-state index in [2.05, 4.69) is 20.0 Å². The number of hydrogen-bond acceptors (Lipinski definition) is 9. The molecule has 0 spiro atoms. The second-order valence-electron chi connectivity index (χ2n) is 9.70. The van der Waals surface area contributed by atoms with Crippen LogP contribution >= 0.6 is 0 Å². The molecule has 0 fully saturated rings. The van der Waals surface area contributed by atoms with Crippen LogP contribution in [-0.2, 0) is 10.0 Å². The van der Waals surface area contributed by atoms with Crippen LogP contribution in [0.2, 0.25) is 0 Å². The molecule has 0 saturated carbocycles. The van der Waals surface area contributed by atoms with E-state index in [1.54, 1.807) is 47.2 Å². The van der Waals surface area contributed by atoms with Gasteiger partial charge in [0.15, 0.2) is 5.82 Å². The SMILES string of the molecule is C[C@H](Nc1ncnc(N)c1-c1cccc(NS(=O)(=O)c2ccc(O)cc2)c1)c1nn2cccc2c(=O)n1-c1ccccc1. The Bertz CT molecular complexity index is 2110. The maximum atomic E-state index is 13.5. The van der Waals surface area contributed by atoms with Gasteiger partial charge in [0.2, 0.25) is 0 Å². The van der Waals surface area contributed by atoms with Crippen LogP contribution in [0.4, 0.5) is 17.3 Å². The average molecular weight is 595 g/mol. The molecule has 0 aliphatic carbocycles. The summed E-state index contributed by atoms with van der Waals surface area (Å²) in [6.07, 6.45) is 3.03. The molecule has 216 valence electrons. The number of nitrogens with two attached hydrogens (primary N) is 1. The molecule has 3 aromatic carbocycles. The highest BCUT2D eigenvalue weighted by atomic mass is 32.2. The molecule has 5 N–H and O–H groups in total.